The minimum atomic E-state index is 0.175. The van der Waals surface area contributed by atoms with Gasteiger partial charge in [0.2, 0.25) is 5.91 Å². The Balaban J connectivity index is 1.23. The normalized spacial score (nSPS) is 25.7. The monoisotopic (exact) mass is 368 g/mol. The summed E-state index contributed by atoms with van der Waals surface area (Å²) in [5.41, 5.74) is 1.35. The van der Waals surface area contributed by atoms with Crippen molar-refractivity contribution in [2.45, 2.75) is 57.2 Å². The molecule has 1 aromatic rings. The van der Waals surface area contributed by atoms with Gasteiger partial charge in [0.05, 0.1) is 5.92 Å². The van der Waals surface area contributed by atoms with Gasteiger partial charge in [-0.1, -0.05) is 12.2 Å². The van der Waals surface area contributed by atoms with Gasteiger partial charge in [0.15, 0.2) is 0 Å². The minimum Gasteiger partial charge on any atom is -0.352 e. The van der Waals surface area contributed by atoms with E-state index in [0.29, 0.717) is 12.1 Å². The molecule has 5 nitrogen and oxygen atoms in total. The first-order chi connectivity index (χ1) is 13.3. The molecular formula is C22H32N4O. The highest BCUT2D eigenvalue weighted by atomic mass is 16.2. The number of nitrogens with one attached hydrogen (secondary N) is 1. The van der Waals surface area contributed by atoms with E-state index in [4.69, 9.17) is 0 Å². The Bertz CT molecular complexity index is 631. The van der Waals surface area contributed by atoms with Crippen molar-refractivity contribution in [3.63, 3.8) is 0 Å². The summed E-state index contributed by atoms with van der Waals surface area (Å²) in [6.45, 7) is 5.42. The van der Waals surface area contributed by atoms with Crippen molar-refractivity contribution in [1.29, 1.82) is 0 Å². The molecule has 1 aliphatic carbocycles. The van der Waals surface area contributed by atoms with Gasteiger partial charge >= 0.3 is 0 Å². The van der Waals surface area contributed by atoms with Crippen LogP contribution in [0, 0.1) is 5.92 Å². The SMILES string of the molecule is O=C(NC1CC=CC1)[C@@H]1CCCN(C2CCN(Cc3ccncc3)CC2)C1. The second kappa shape index (κ2) is 8.98. The molecule has 3 aliphatic rings. The van der Waals surface area contributed by atoms with Gasteiger partial charge in [-0.15, -0.1) is 0 Å². The van der Waals surface area contributed by atoms with E-state index < -0.39 is 0 Å². The van der Waals surface area contributed by atoms with Crippen molar-refractivity contribution >= 4 is 5.91 Å². The van der Waals surface area contributed by atoms with E-state index in [9.17, 15) is 4.79 Å². The average Bonchev–Trinajstić information content (AvgIpc) is 3.22. The molecule has 0 bridgehead atoms. The number of likely N-dealkylation sites (tertiary alicyclic amines) is 2. The molecule has 0 radical (unpaired) electrons. The Morgan fingerprint density at radius 1 is 1.07 bits per heavy atom. The lowest BCUT2D eigenvalue weighted by molar-refractivity contribution is -0.127. The summed E-state index contributed by atoms with van der Waals surface area (Å²) >= 11 is 0. The molecule has 2 fully saturated rings. The molecule has 4 rings (SSSR count). The van der Waals surface area contributed by atoms with Crippen LogP contribution in [0.1, 0.15) is 44.1 Å². The molecule has 0 spiro atoms. The van der Waals surface area contributed by atoms with Crippen LogP contribution in [0.25, 0.3) is 0 Å². The fourth-order valence-electron chi connectivity index (χ4n) is 4.80. The molecule has 1 atom stereocenters. The van der Waals surface area contributed by atoms with Crippen LogP contribution < -0.4 is 5.32 Å². The summed E-state index contributed by atoms with van der Waals surface area (Å²) in [5.74, 6) is 0.456. The average molecular weight is 369 g/mol. The third-order valence-electron chi connectivity index (χ3n) is 6.41. The summed E-state index contributed by atoms with van der Waals surface area (Å²) < 4.78 is 0. The van der Waals surface area contributed by atoms with E-state index in [1.807, 2.05) is 12.4 Å². The van der Waals surface area contributed by atoms with Gasteiger partial charge in [-0.2, -0.15) is 0 Å². The van der Waals surface area contributed by atoms with E-state index in [1.54, 1.807) is 0 Å². The van der Waals surface area contributed by atoms with E-state index in [0.717, 1.165) is 58.4 Å². The molecule has 3 heterocycles. The van der Waals surface area contributed by atoms with Crippen molar-refractivity contribution in [1.82, 2.24) is 20.1 Å². The van der Waals surface area contributed by atoms with Crippen LogP contribution >= 0.6 is 0 Å². The molecule has 0 saturated carbocycles. The third-order valence-corrected chi connectivity index (χ3v) is 6.41. The van der Waals surface area contributed by atoms with Crippen LogP contribution in [0.4, 0.5) is 0 Å². The molecule has 27 heavy (non-hydrogen) atoms. The maximum atomic E-state index is 12.7. The molecule has 2 saturated heterocycles. The first-order valence-electron chi connectivity index (χ1n) is 10.6. The minimum absolute atomic E-state index is 0.175. The van der Waals surface area contributed by atoms with Gasteiger partial charge in [-0.05, 0) is 75.9 Å². The van der Waals surface area contributed by atoms with Crippen LogP contribution in [0.15, 0.2) is 36.7 Å². The van der Waals surface area contributed by atoms with E-state index >= 15 is 0 Å². The predicted octanol–water partition coefficient (Wildman–Crippen LogP) is 2.59. The van der Waals surface area contributed by atoms with Crippen LogP contribution in [-0.4, -0.2) is 59.0 Å². The highest BCUT2D eigenvalue weighted by molar-refractivity contribution is 5.79. The van der Waals surface area contributed by atoms with Gasteiger partial charge in [-0.25, -0.2) is 0 Å². The molecule has 2 aliphatic heterocycles. The number of rotatable bonds is 5. The number of hydrogen-bond acceptors (Lipinski definition) is 4. The Labute approximate surface area is 162 Å². The van der Waals surface area contributed by atoms with Crippen molar-refractivity contribution in [3.05, 3.63) is 42.2 Å². The highest BCUT2D eigenvalue weighted by Crippen LogP contribution is 2.25. The zero-order chi connectivity index (χ0) is 18.5. The molecular weight excluding hydrogens is 336 g/mol. The Kier molecular flexibility index (Phi) is 6.20. The summed E-state index contributed by atoms with van der Waals surface area (Å²) in [4.78, 5) is 21.9. The third kappa shape index (κ3) is 4.96. The lowest BCUT2D eigenvalue weighted by atomic mass is 9.93. The van der Waals surface area contributed by atoms with Crippen molar-refractivity contribution < 1.29 is 4.79 Å². The first kappa shape index (κ1) is 18.6. The maximum Gasteiger partial charge on any atom is 0.224 e. The zero-order valence-electron chi connectivity index (χ0n) is 16.2. The summed E-state index contributed by atoms with van der Waals surface area (Å²) in [6.07, 6.45) is 14.7. The molecule has 0 unspecified atom stereocenters. The van der Waals surface area contributed by atoms with Crippen molar-refractivity contribution in [3.8, 4) is 0 Å². The van der Waals surface area contributed by atoms with E-state index in [-0.39, 0.29) is 11.8 Å². The fraction of sp³-hybridized carbons (Fsp3) is 0.636. The van der Waals surface area contributed by atoms with Crippen LogP contribution in [0.3, 0.4) is 0 Å². The van der Waals surface area contributed by atoms with Gasteiger partial charge in [0.1, 0.15) is 0 Å². The first-order valence-corrected chi connectivity index (χ1v) is 10.6. The van der Waals surface area contributed by atoms with Gasteiger partial charge in [-0.3, -0.25) is 19.6 Å². The lowest BCUT2D eigenvalue weighted by Crippen LogP contribution is -2.51. The van der Waals surface area contributed by atoms with Gasteiger partial charge in [0, 0.05) is 37.6 Å². The van der Waals surface area contributed by atoms with Gasteiger partial charge < -0.3 is 5.32 Å². The number of pyridine rings is 1. The second-order valence-corrected chi connectivity index (χ2v) is 8.35. The standard InChI is InChI=1S/C22H32N4O/c27-22(24-20-5-1-2-6-20)19-4-3-13-26(17-19)21-9-14-25(15-10-21)16-18-7-11-23-12-8-18/h1-2,7-8,11-12,19-21H,3-6,9-10,13-17H2,(H,24,27)/t19-/m1/s1. The molecule has 1 aromatic heterocycles. The summed E-state index contributed by atoms with van der Waals surface area (Å²) in [5, 5.41) is 3.26. The molecule has 1 N–H and O–H groups in total. The molecule has 1 amide bonds. The number of amides is 1. The number of aromatic nitrogens is 1. The summed E-state index contributed by atoms with van der Waals surface area (Å²) in [6, 6.07) is 5.20. The van der Waals surface area contributed by atoms with E-state index in [2.05, 4.69) is 44.4 Å². The largest absolute Gasteiger partial charge is 0.352 e. The van der Waals surface area contributed by atoms with Gasteiger partial charge in [0.25, 0.3) is 0 Å². The molecule has 0 aromatic carbocycles. The Hall–Kier alpha value is -1.72. The fourth-order valence-corrected chi connectivity index (χ4v) is 4.80. The quantitative estimate of drug-likeness (QED) is 0.812. The topological polar surface area (TPSA) is 48.5 Å². The van der Waals surface area contributed by atoms with Crippen LogP contribution in [0.2, 0.25) is 0 Å². The number of carbonyl (C=O) groups is 1. The van der Waals surface area contributed by atoms with Crippen LogP contribution in [-0.2, 0) is 11.3 Å². The summed E-state index contributed by atoms with van der Waals surface area (Å²) in [7, 11) is 0. The predicted molar refractivity (Wildman–Crippen MR) is 107 cm³/mol. The molecule has 146 valence electrons. The Morgan fingerprint density at radius 3 is 2.56 bits per heavy atom. The lowest BCUT2D eigenvalue weighted by Gasteiger charge is -2.42. The van der Waals surface area contributed by atoms with Crippen LogP contribution in [0.5, 0.6) is 0 Å². The number of hydrogen-bond donors (Lipinski definition) is 1. The maximum absolute atomic E-state index is 12.7. The van der Waals surface area contributed by atoms with Crippen molar-refractivity contribution in [2.75, 3.05) is 26.2 Å². The second-order valence-electron chi connectivity index (χ2n) is 8.35. The number of nitrogens with zero attached hydrogens (tertiary/aromatic N) is 3. The van der Waals surface area contributed by atoms with Crippen molar-refractivity contribution in [2.24, 2.45) is 5.92 Å². The number of carbonyl (C=O) groups excluding carboxylic acids is 1. The highest BCUT2D eigenvalue weighted by Gasteiger charge is 2.32. The van der Waals surface area contributed by atoms with E-state index in [1.165, 1.54) is 18.4 Å². The Morgan fingerprint density at radius 2 is 1.81 bits per heavy atom. The smallest absolute Gasteiger partial charge is 0.224 e. The zero-order valence-corrected chi connectivity index (χ0v) is 16.2. The number of piperidine rings is 2. The molecule has 5 heteroatoms.